The molecule has 0 heterocycles. The van der Waals surface area contributed by atoms with E-state index in [2.05, 4.69) is 25.9 Å². The summed E-state index contributed by atoms with van der Waals surface area (Å²) in [4.78, 5) is 2.26. The van der Waals surface area contributed by atoms with Crippen LogP contribution in [0.5, 0.6) is 0 Å². The number of unbranched alkanes of at least 4 members (excludes halogenated alkanes) is 4. The van der Waals surface area contributed by atoms with Crippen LogP contribution in [0.3, 0.4) is 0 Å². The van der Waals surface area contributed by atoms with Gasteiger partial charge in [0.25, 0.3) is 0 Å². The van der Waals surface area contributed by atoms with Crippen LogP contribution in [0.2, 0.25) is 0 Å². The van der Waals surface area contributed by atoms with Crippen molar-refractivity contribution in [1.29, 1.82) is 0 Å². The number of hydrogen-bond acceptors (Lipinski definition) is 3. The van der Waals surface area contributed by atoms with Gasteiger partial charge >= 0.3 is 10.4 Å². The van der Waals surface area contributed by atoms with Crippen molar-refractivity contribution in [3.8, 4) is 0 Å². The summed E-state index contributed by atoms with van der Waals surface area (Å²) in [6.07, 6.45) is 6.96. The fraction of sp³-hybridized carbons (Fsp3) is 1.00. The maximum absolute atomic E-state index is 8.74. The molecule has 0 aliphatic carbocycles. The van der Waals surface area contributed by atoms with Crippen LogP contribution in [0.4, 0.5) is 0 Å². The molecule has 0 rings (SSSR count). The monoisotopic (exact) mass is 241 g/mol. The molecule has 0 amide bonds. The topological polar surface area (TPSA) is 77.8 Å². The first-order valence-corrected chi connectivity index (χ1v) is 6.51. The highest BCUT2D eigenvalue weighted by Crippen LogP contribution is 2.01. The molecule has 0 aliphatic heterocycles. The molecule has 0 aromatic rings. The zero-order valence-electron chi connectivity index (χ0n) is 9.81. The summed E-state index contributed by atoms with van der Waals surface area (Å²) in [5.74, 6) is 0. The average molecular weight is 241 g/mol. The van der Waals surface area contributed by atoms with Crippen molar-refractivity contribution in [2.75, 3.05) is 20.6 Å². The van der Waals surface area contributed by atoms with Crippen molar-refractivity contribution >= 4 is 10.4 Å². The molecule has 0 bridgehead atoms. The standard InChI is InChI=1S/C9H21N.H2O4S/c1-4-5-6-7-8-9-10(2)3;1-5(2,3)4/h4-9H2,1-3H3;(H2,1,2,3,4). The van der Waals surface area contributed by atoms with E-state index in [0.717, 1.165) is 0 Å². The molecule has 0 saturated carbocycles. The number of hydrogen-bond donors (Lipinski definition) is 2. The summed E-state index contributed by atoms with van der Waals surface area (Å²) in [6, 6.07) is 0. The summed E-state index contributed by atoms with van der Waals surface area (Å²) in [6.45, 7) is 3.51. The van der Waals surface area contributed by atoms with Crippen LogP contribution >= 0.6 is 0 Å². The number of rotatable bonds is 6. The quantitative estimate of drug-likeness (QED) is 0.548. The second kappa shape index (κ2) is 10.4. The van der Waals surface area contributed by atoms with Gasteiger partial charge in [0.1, 0.15) is 0 Å². The largest absolute Gasteiger partial charge is 0.394 e. The van der Waals surface area contributed by atoms with Crippen LogP contribution in [-0.2, 0) is 10.4 Å². The Morgan fingerprint density at radius 3 is 1.73 bits per heavy atom. The Bertz CT molecular complexity index is 206. The Morgan fingerprint density at radius 1 is 1.00 bits per heavy atom. The van der Waals surface area contributed by atoms with Gasteiger partial charge in [-0.2, -0.15) is 8.42 Å². The first-order valence-electron chi connectivity index (χ1n) is 5.12. The summed E-state index contributed by atoms with van der Waals surface area (Å²) in [5.41, 5.74) is 0. The molecule has 5 nitrogen and oxygen atoms in total. The van der Waals surface area contributed by atoms with Crippen molar-refractivity contribution in [3.63, 3.8) is 0 Å². The molecule has 0 atom stereocenters. The van der Waals surface area contributed by atoms with Crippen LogP contribution in [0.1, 0.15) is 39.0 Å². The van der Waals surface area contributed by atoms with E-state index in [4.69, 9.17) is 17.5 Å². The van der Waals surface area contributed by atoms with Gasteiger partial charge in [-0.25, -0.2) is 0 Å². The molecular weight excluding hydrogens is 218 g/mol. The molecular formula is C9H23NO4S. The van der Waals surface area contributed by atoms with Gasteiger partial charge in [-0.3, -0.25) is 9.11 Å². The van der Waals surface area contributed by atoms with Gasteiger partial charge in [0.2, 0.25) is 0 Å². The zero-order chi connectivity index (χ0) is 12.3. The minimum absolute atomic E-state index is 1.25. The Labute approximate surface area is 93.1 Å². The van der Waals surface area contributed by atoms with E-state index in [0.29, 0.717) is 0 Å². The highest BCUT2D eigenvalue weighted by atomic mass is 32.3. The first kappa shape index (κ1) is 17.2. The molecule has 0 saturated heterocycles. The zero-order valence-corrected chi connectivity index (χ0v) is 10.6. The highest BCUT2D eigenvalue weighted by molar-refractivity contribution is 7.79. The molecule has 6 heteroatoms. The average Bonchev–Trinajstić information content (AvgIpc) is 2.00. The van der Waals surface area contributed by atoms with Crippen molar-refractivity contribution < 1.29 is 17.5 Å². The molecule has 0 aliphatic rings. The van der Waals surface area contributed by atoms with Gasteiger partial charge in [0.15, 0.2) is 0 Å². The molecule has 0 fully saturated rings. The van der Waals surface area contributed by atoms with Crippen molar-refractivity contribution in [2.45, 2.75) is 39.0 Å². The van der Waals surface area contributed by atoms with Crippen molar-refractivity contribution in [1.82, 2.24) is 4.90 Å². The van der Waals surface area contributed by atoms with E-state index in [1.54, 1.807) is 0 Å². The van der Waals surface area contributed by atoms with E-state index >= 15 is 0 Å². The van der Waals surface area contributed by atoms with Crippen LogP contribution in [0.25, 0.3) is 0 Å². The lowest BCUT2D eigenvalue weighted by atomic mass is 10.1. The van der Waals surface area contributed by atoms with Crippen LogP contribution < -0.4 is 0 Å². The third-order valence-corrected chi connectivity index (χ3v) is 1.71. The van der Waals surface area contributed by atoms with E-state index in [1.165, 1.54) is 38.6 Å². The molecule has 0 aromatic heterocycles. The van der Waals surface area contributed by atoms with Crippen LogP contribution in [0.15, 0.2) is 0 Å². The molecule has 2 N–H and O–H groups in total. The first-order chi connectivity index (χ1) is 6.77. The second-order valence-corrected chi connectivity index (χ2v) is 4.56. The summed E-state index contributed by atoms with van der Waals surface area (Å²) in [7, 11) is -0.389. The lowest BCUT2D eigenvalue weighted by molar-refractivity contribution is 0.381. The van der Waals surface area contributed by atoms with Crippen molar-refractivity contribution in [2.24, 2.45) is 0 Å². The smallest absolute Gasteiger partial charge is 0.309 e. The maximum atomic E-state index is 8.74. The second-order valence-electron chi connectivity index (χ2n) is 3.67. The summed E-state index contributed by atoms with van der Waals surface area (Å²) < 4.78 is 31.6. The SMILES string of the molecule is CCCCCCCN(C)C.O=S(=O)(O)O. The van der Waals surface area contributed by atoms with E-state index in [9.17, 15) is 0 Å². The molecule has 0 radical (unpaired) electrons. The molecule has 0 spiro atoms. The van der Waals surface area contributed by atoms with E-state index in [-0.39, 0.29) is 0 Å². The normalized spacial score (nSPS) is 11.1. The predicted octanol–water partition coefficient (Wildman–Crippen LogP) is 1.87. The van der Waals surface area contributed by atoms with Gasteiger partial charge in [-0.1, -0.05) is 32.6 Å². The maximum Gasteiger partial charge on any atom is 0.394 e. The third-order valence-electron chi connectivity index (χ3n) is 1.71. The van der Waals surface area contributed by atoms with Gasteiger partial charge in [-0.15, -0.1) is 0 Å². The third kappa shape index (κ3) is 41.5. The summed E-state index contributed by atoms with van der Waals surface area (Å²) >= 11 is 0. The minimum atomic E-state index is -4.67. The Balaban J connectivity index is 0. The molecule has 0 unspecified atom stereocenters. The lowest BCUT2D eigenvalue weighted by Crippen LogP contribution is -2.12. The molecule has 94 valence electrons. The van der Waals surface area contributed by atoms with Gasteiger partial charge in [0, 0.05) is 0 Å². The Morgan fingerprint density at radius 2 is 1.40 bits per heavy atom. The van der Waals surface area contributed by atoms with E-state index in [1.807, 2.05) is 0 Å². The van der Waals surface area contributed by atoms with Gasteiger partial charge in [-0.05, 0) is 27.1 Å². The highest BCUT2D eigenvalue weighted by Gasteiger charge is 1.89. The fourth-order valence-corrected chi connectivity index (χ4v) is 1.03. The van der Waals surface area contributed by atoms with Gasteiger partial charge in [0.05, 0.1) is 0 Å². The van der Waals surface area contributed by atoms with Crippen LogP contribution in [0, 0.1) is 0 Å². The fourth-order valence-electron chi connectivity index (χ4n) is 1.03. The predicted molar refractivity (Wildman–Crippen MR) is 61.5 cm³/mol. The lowest BCUT2D eigenvalue weighted by Gasteiger charge is -2.07. The Hall–Kier alpha value is -0.170. The molecule has 15 heavy (non-hydrogen) atoms. The molecule has 0 aromatic carbocycles. The summed E-state index contributed by atoms with van der Waals surface area (Å²) in [5, 5.41) is 0. The van der Waals surface area contributed by atoms with Crippen LogP contribution in [-0.4, -0.2) is 43.1 Å². The van der Waals surface area contributed by atoms with Crippen molar-refractivity contribution in [3.05, 3.63) is 0 Å². The van der Waals surface area contributed by atoms with Gasteiger partial charge < -0.3 is 4.90 Å². The Kier molecular flexibility index (Phi) is 11.9. The minimum Gasteiger partial charge on any atom is -0.309 e. The van der Waals surface area contributed by atoms with E-state index < -0.39 is 10.4 Å². The number of nitrogens with zero attached hydrogens (tertiary/aromatic N) is 1.